The first-order valence-corrected chi connectivity index (χ1v) is 3.31. The Morgan fingerprint density at radius 3 is 2.89 bits per heavy atom. The first-order chi connectivity index (χ1) is 4.29. The van der Waals surface area contributed by atoms with Gasteiger partial charge in [0.1, 0.15) is 0 Å². The standard InChI is InChI=1S/C7H11BO/c1-6(2)5-7-3-4-8-9-7/h3-4,6H,5H2,1-2H3. The first-order valence-electron chi connectivity index (χ1n) is 3.31. The van der Waals surface area contributed by atoms with Crippen LogP contribution in [0.3, 0.4) is 0 Å². The second-order valence-electron chi connectivity index (χ2n) is 2.68. The van der Waals surface area contributed by atoms with Crippen molar-refractivity contribution in [2.45, 2.75) is 20.3 Å². The topological polar surface area (TPSA) is 13.1 Å². The number of rotatable bonds is 2. The Kier molecular flexibility index (Phi) is 2.09. The summed E-state index contributed by atoms with van der Waals surface area (Å²) in [5.74, 6) is 3.71. The molecule has 0 amide bonds. The Balaban J connectivity index is 2.48. The van der Waals surface area contributed by atoms with Crippen LogP contribution in [0.1, 0.15) is 19.6 Å². The van der Waals surface area contributed by atoms with Crippen LogP contribution in [-0.2, 0) is 6.42 Å². The van der Waals surface area contributed by atoms with Gasteiger partial charge in [0, 0.05) is 0 Å². The van der Waals surface area contributed by atoms with E-state index < -0.39 is 0 Å². The van der Waals surface area contributed by atoms with E-state index in [0.717, 1.165) is 12.2 Å². The van der Waals surface area contributed by atoms with Crippen LogP contribution in [-0.4, -0.2) is 7.13 Å². The van der Waals surface area contributed by atoms with Crippen molar-refractivity contribution in [1.82, 2.24) is 0 Å². The van der Waals surface area contributed by atoms with Crippen molar-refractivity contribution in [2.24, 2.45) is 5.92 Å². The summed E-state index contributed by atoms with van der Waals surface area (Å²) >= 11 is 0. The molecule has 0 aliphatic rings. The van der Waals surface area contributed by atoms with E-state index >= 15 is 0 Å². The van der Waals surface area contributed by atoms with Gasteiger partial charge in [-0.25, -0.2) is 0 Å². The molecule has 0 unspecified atom stereocenters. The molecule has 1 aromatic rings. The Morgan fingerprint density at radius 1 is 1.67 bits per heavy atom. The molecule has 0 aliphatic carbocycles. The van der Waals surface area contributed by atoms with Crippen LogP contribution in [0.25, 0.3) is 0 Å². The second kappa shape index (κ2) is 2.86. The monoisotopic (exact) mass is 122 g/mol. The molecule has 0 atom stereocenters. The molecule has 2 heteroatoms. The Labute approximate surface area is 56.3 Å². The molecule has 0 aliphatic heterocycles. The van der Waals surface area contributed by atoms with Gasteiger partial charge in [-0.3, -0.25) is 0 Å². The SMILES string of the molecule is CC(C)Cc1ccbo1. The van der Waals surface area contributed by atoms with Gasteiger partial charge in [-0.2, -0.15) is 0 Å². The minimum absolute atomic E-state index is 0.691. The van der Waals surface area contributed by atoms with Crippen LogP contribution in [0.2, 0.25) is 0 Å². The predicted octanol–water partition coefficient (Wildman–Crippen LogP) is 1.82. The molecular formula is C7H11BO. The zero-order valence-electron chi connectivity index (χ0n) is 5.92. The molecule has 9 heavy (non-hydrogen) atoms. The molecule has 0 N–H and O–H groups in total. The molecule has 48 valence electrons. The average molecular weight is 122 g/mol. The molecule has 0 saturated heterocycles. The van der Waals surface area contributed by atoms with Crippen molar-refractivity contribution in [3.05, 3.63) is 17.8 Å². The van der Waals surface area contributed by atoms with Crippen LogP contribution in [0, 0.1) is 5.92 Å². The van der Waals surface area contributed by atoms with Crippen molar-refractivity contribution < 1.29 is 4.33 Å². The predicted molar refractivity (Wildman–Crippen MR) is 38.6 cm³/mol. The average Bonchev–Trinajstić information content (AvgIpc) is 2.15. The summed E-state index contributed by atoms with van der Waals surface area (Å²) in [5.41, 5.74) is 0. The molecule has 0 aromatic carbocycles. The van der Waals surface area contributed by atoms with E-state index in [1.165, 1.54) is 0 Å². The summed E-state index contributed by atoms with van der Waals surface area (Å²) in [5, 5.41) is 0. The van der Waals surface area contributed by atoms with Crippen molar-refractivity contribution in [3.8, 4) is 0 Å². The quantitative estimate of drug-likeness (QED) is 0.582. The van der Waals surface area contributed by atoms with Gasteiger partial charge in [-0.1, -0.05) is 0 Å². The third kappa shape index (κ3) is 2.04. The van der Waals surface area contributed by atoms with Crippen LogP contribution in [0.5, 0.6) is 0 Å². The third-order valence-corrected chi connectivity index (χ3v) is 1.19. The van der Waals surface area contributed by atoms with E-state index in [2.05, 4.69) is 13.8 Å². The van der Waals surface area contributed by atoms with E-state index in [-0.39, 0.29) is 0 Å². The van der Waals surface area contributed by atoms with Crippen LogP contribution < -0.4 is 0 Å². The van der Waals surface area contributed by atoms with E-state index in [4.69, 9.17) is 4.33 Å². The zero-order valence-corrected chi connectivity index (χ0v) is 5.92. The first kappa shape index (κ1) is 6.59. The second-order valence-corrected chi connectivity index (χ2v) is 2.68. The Hall–Kier alpha value is -0.525. The summed E-state index contributed by atoms with van der Waals surface area (Å²) in [7, 11) is 1.72. The zero-order chi connectivity index (χ0) is 6.69. The molecule has 0 spiro atoms. The molecule has 1 aromatic heterocycles. The van der Waals surface area contributed by atoms with Gasteiger partial charge in [0.05, 0.1) is 0 Å². The fourth-order valence-electron chi connectivity index (χ4n) is 0.831. The molecule has 1 rings (SSSR count). The summed E-state index contributed by atoms with van der Waals surface area (Å²) in [6.45, 7) is 4.37. The van der Waals surface area contributed by atoms with Gasteiger partial charge in [0.2, 0.25) is 0 Å². The van der Waals surface area contributed by atoms with Gasteiger partial charge in [0.15, 0.2) is 0 Å². The Bertz CT molecular complexity index is 155. The van der Waals surface area contributed by atoms with Crippen molar-refractivity contribution in [2.75, 3.05) is 0 Å². The fourth-order valence-corrected chi connectivity index (χ4v) is 0.831. The van der Waals surface area contributed by atoms with E-state index in [0.29, 0.717) is 5.92 Å². The molecular weight excluding hydrogens is 111 g/mol. The summed E-state index contributed by atoms with van der Waals surface area (Å²) in [4.78, 5) is 0. The summed E-state index contributed by atoms with van der Waals surface area (Å²) in [6.07, 6.45) is 1.05. The van der Waals surface area contributed by atoms with Gasteiger partial charge in [-0.05, 0) is 0 Å². The molecule has 0 fully saturated rings. The van der Waals surface area contributed by atoms with Gasteiger partial charge in [0.25, 0.3) is 0 Å². The fraction of sp³-hybridized carbons (Fsp3) is 0.571. The van der Waals surface area contributed by atoms with E-state index in [1.54, 1.807) is 7.13 Å². The maximum atomic E-state index is 5.14. The van der Waals surface area contributed by atoms with Gasteiger partial charge >= 0.3 is 55.4 Å². The third-order valence-electron chi connectivity index (χ3n) is 1.19. The maximum absolute atomic E-state index is 5.14. The van der Waals surface area contributed by atoms with Crippen molar-refractivity contribution >= 4 is 7.13 Å². The van der Waals surface area contributed by atoms with Crippen LogP contribution in [0.15, 0.2) is 16.4 Å². The van der Waals surface area contributed by atoms with Crippen molar-refractivity contribution in [3.63, 3.8) is 0 Å². The molecule has 1 nitrogen and oxygen atoms in total. The molecule has 0 radical (unpaired) electrons. The van der Waals surface area contributed by atoms with Crippen molar-refractivity contribution in [1.29, 1.82) is 0 Å². The summed E-state index contributed by atoms with van der Waals surface area (Å²) in [6, 6.07) is 2.01. The van der Waals surface area contributed by atoms with E-state index in [1.807, 2.05) is 12.0 Å². The minimum atomic E-state index is 0.691. The van der Waals surface area contributed by atoms with Gasteiger partial charge in [-0.15, -0.1) is 0 Å². The normalized spacial score (nSPS) is 10.1. The molecule has 1 heterocycles. The van der Waals surface area contributed by atoms with Gasteiger partial charge < -0.3 is 0 Å². The van der Waals surface area contributed by atoms with E-state index in [9.17, 15) is 0 Å². The summed E-state index contributed by atoms with van der Waals surface area (Å²) < 4.78 is 5.14. The number of hydrogen-bond donors (Lipinski definition) is 0. The molecule has 0 saturated carbocycles. The van der Waals surface area contributed by atoms with Crippen LogP contribution in [0.4, 0.5) is 0 Å². The number of hydrogen-bond acceptors (Lipinski definition) is 1. The Morgan fingerprint density at radius 2 is 2.44 bits per heavy atom. The van der Waals surface area contributed by atoms with Crippen LogP contribution >= 0.6 is 0 Å². The molecule has 0 bridgehead atoms.